The van der Waals surface area contributed by atoms with Gasteiger partial charge in [0.2, 0.25) is 0 Å². The third-order valence-electron chi connectivity index (χ3n) is 5.52. The van der Waals surface area contributed by atoms with Crippen molar-refractivity contribution in [3.05, 3.63) is 36.4 Å². The molecule has 2 aromatic heterocycles. The van der Waals surface area contributed by atoms with E-state index in [4.69, 9.17) is 9.47 Å². The van der Waals surface area contributed by atoms with Crippen LogP contribution in [0, 0.1) is 0 Å². The average molecular weight is 391 g/mol. The largest absolute Gasteiger partial charge is 0.493 e. The Morgan fingerprint density at radius 3 is 2.45 bits per heavy atom. The van der Waals surface area contributed by atoms with Crippen LogP contribution < -0.4 is 14.4 Å². The van der Waals surface area contributed by atoms with Crippen LogP contribution in [-0.4, -0.2) is 57.7 Å². The predicted octanol–water partition coefficient (Wildman–Crippen LogP) is 2.63. The Kier molecular flexibility index (Phi) is 4.34. The summed E-state index contributed by atoms with van der Waals surface area (Å²) in [6.45, 7) is 1.70. The zero-order valence-electron chi connectivity index (χ0n) is 16.3. The van der Waals surface area contributed by atoms with Crippen LogP contribution in [0.5, 0.6) is 11.5 Å². The SMILES string of the molecule is COc1cc2nnnc(N3CCC(n4nnc5ccccc54)CC3)c2cc1OC. The van der Waals surface area contributed by atoms with Crippen molar-refractivity contribution in [2.45, 2.75) is 18.9 Å². The van der Waals surface area contributed by atoms with E-state index >= 15 is 0 Å². The molecular formula is C20H21N7O2. The highest BCUT2D eigenvalue weighted by Gasteiger charge is 2.25. The average Bonchev–Trinajstić information content (AvgIpc) is 3.22. The molecule has 1 aliphatic heterocycles. The van der Waals surface area contributed by atoms with E-state index in [-0.39, 0.29) is 0 Å². The van der Waals surface area contributed by atoms with Crippen molar-refractivity contribution in [2.75, 3.05) is 32.2 Å². The molecule has 0 unspecified atom stereocenters. The molecule has 0 bridgehead atoms. The molecule has 4 aromatic rings. The van der Waals surface area contributed by atoms with Crippen LogP contribution in [0.1, 0.15) is 18.9 Å². The molecule has 2 aromatic carbocycles. The highest BCUT2D eigenvalue weighted by molar-refractivity contribution is 5.91. The molecule has 5 rings (SSSR count). The molecule has 29 heavy (non-hydrogen) atoms. The molecule has 148 valence electrons. The van der Waals surface area contributed by atoms with Gasteiger partial charge in [0.1, 0.15) is 11.0 Å². The van der Waals surface area contributed by atoms with Crippen molar-refractivity contribution < 1.29 is 9.47 Å². The van der Waals surface area contributed by atoms with Gasteiger partial charge in [-0.25, -0.2) is 4.68 Å². The smallest absolute Gasteiger partial charge is 0.162 e. The fraction of sp³-hybridized carbons (Fsp3) is 0.350. The third kappa shape index (κ3) is 2.98. The molecule has 0 amide bonds. The van der Waals surface area contributed by atoms with Crippen LogP contribution in [0.25, 0.3) is 21.9 Å². The summed E-state index contributed by atoms with van der Waals surface area (Å²) in [6.07, 6.45) is 1.90. The predicted molar refractivity (Wildman–Crippen MR) is 108 cm³/mol. The summed E-state index contributed by atoms with van der Waals surface area (Å²) in [4.78, 5) is 2.25. The molecule has 0 aliphatic carbocycles. The fourth-order valence-electron chi connectivity index (χ4n) is 4.01. The van der Waals surface area contributed by atoms with Crippen molar-refractivity contribution in [3.8, 4) is 11.5 Å². The molecule has 0 saturated carbocycles. The lowest BCUT2D eigenvalue weighted by Gasteiger charge is -2.33. The quantitative estimate of drug-likeness (QED) is 0.524. The van der Waals surface area contributed by atoms with Gasteiger partial charge in [0.25, 0.3) is 0 Å². The van der Waals surface area contributed by atoms with Crippen LogP contribution in [-0.2, 0) is 0 Å². The number of nitrogens with zero attached hydrogens (tertiary/aromatic N) is 7. The number of anilines is 1. The summed E-state index contributed by atoms with van der Waals surface area (Å²) in [5.74, 6) is 2.10. The topological polar surface area (TPSA) is 91.1 Å². The number of piperidine rings is 1. The van der Waals surface area contributed by atoms with Crippen molar-refractivity contribution in [3.63, 3.8) is 0 Å². The molecular weight excluding hydrogens is 370 g/mol. The van der Waals surface area contributed by atoms with Crippen molar-refractivity contribution in [1.29, 1.82) is 0 Å². The van der Waals surface area contributed by atoms with Crippen LogP contribution in [0.3, 0.4) is 0 Å². The Morgan fingerprint density at radius 2 is 1.66 bits per heavy atom. The Labute approximate surface area is 167 Å². The first-order valence-corrected chi connectivity index (χ1v) is 9.58. The van der Waals surface area contributed by atoms with Gasteiger partial charge in [-0.15, -0.1) is 15.3 Å². The number of fused-ring (bicyclic) bond motifs is 2. The number of hydrogen-bond donors (Lipinski definition) is 0. The lowest BCUT2D eigenvalue weighted by molar-refractivity contribution is 0.355. The Balaban J connectivity index is 1.42. The van der Waals surface area contributed by atoms with E-state index < -0.39 is 0 Å². The van der Waals surface area contributed by atoms with E-state index in [1.807, 2.05) is 30.3 Å². The van der Waals surface area contributed by atoms with Crippen molar-refractivity contribution in [2.24, 2.45) is 0 Å². The van der Waals surface area contributed by atoms with Gasteiger partial charge in [-0.05, 0) is 36.3 Å². The van der Waals surface area contributed by atoms with Crippen LogP contribution >= 0.6 is 0 Å². The minimum atomic E-state index is 0.314. The number of hydrogen-bond acceptors (Lipinski definition) is 8. The van der Waals surface area contributed by atoms with Crippen molar-refractivity contribution >= 4 is 27.8 Å². The summed E-state index contributed by atoms with van der Waals surface area (Å²) in [6, 6.07) is 12.1. The van der Waals surface area contributed by atoms with Gasteiger partial charge in [0.15, 0.2) is 17.3 Å². The first kappa shape index (κ1) is 17.6. The normalized spacial score (nSPS) is 15.2. The second kappa shape index (κ2) is 7.16. The molecule has 9 nitrogen and oxygen atoms in total. The highest BCUT2D eigenvalue weighted by atomic mass is 16.5. The van der Waals surface area contributed by atoms with Crippen LogP contribution in [0.2, 0.25) is 0 Å². The fourth-order valence-corrected chi connectivity index (χ4v) is 4.01. The maximum Gasteiger partial charge on any atom is 0.162 e. The Hall–Kier alpha value is -3.49. The molecule has 1 aliphatic rings. The molecule has 1 saturated heterocycles. The molecule has 0 atom stereocenters. The minimum Gasteiger partial charge on any atom is -0.493 e. The van der Waals surface area contributed by atoms with E-state index in [0.29, 0.717) is 17.5 Å². The minimum absolute atomic E-state index is 0.314. The van der Waals surface area contributed by atoms with Gasteiger partial charge in [-0.2, -0.15) is 0 Å². The molecule has 0 spiro atoms. The Bertz CT molecular complexity index is 1170. The van der Waals surface area contributed by atoms with Crippen LogP contribution in [0.15, 0.2) is 36.4 Å². The maximum atomic E-state index is 5.46. The summed E-state index contributed by atoms with van der Waals surface area (Å²) in [7, 11) is 3.23. The van der Waals surface area contributed by atoms with Crippen molar-refractivity contribution in [1.82, 2.24) is 30.4 Å². The van der Waals surface area contributed by atoms with Gasteiger partial charge >= 0.3 is 0 Å². The van der Waals surface area contributed by atoms with Crippen LogP contribution in [0.4, 0.5) is 5.82 Å². The molecule has 0 radical (unpaired) electrons. The van der Waals surface area contributed by atoms with E-state index in [9.17, 15) is 0 Å². The summed E-state index contributed by atoms with van der Waals surface area (Å²) in [5.41, 5.74) is 2.75. The van der Waals surface area contributed by atoms with E-state index in [1.54, 1.807) is 14.2 Å². The third-order valence-corrected chi connectivity index (χ3v) is 5.52. The summed E-state index contributed by atoms with van der Waals surface area (Å²) in [5, 5.41) is 22.0. The van der Waals surface area contributed by atoms with Gasteiger partial charge in [0.05, 0.1) is 31.2 Å². The molecule has 1 fully saturated rings. The first-order chi connectivity index (χ1) is 14.3. The standard InChI is InChI=1S/C20H21N7O2/c1-28-18-11-14-16(12-19(18)29-2)21-24-23-20(14)26-9-7-13(8-10-26)27-17-6-4-3-5-15(17)22-25-27/h3-6,11-13H,7-10H2,1-2H3. The maximum absolute atomic E-state index is 5.46. The lowest BCUT2D eigenvalue weighted by atomic mass is 10.0. The van der Waals surface area contributed by atoms with E-state index in [1.165, 1.54) is 0 Å². The number of benzene rings is 2. The van der Waals surface area contributed by atoms with Gasteiger partial charge in [-0.1, -0.05) is 17.3 Å². The lowest BCUT2D eigenvalue weighted by Crippen LogP contribution is -2.35. The zero-order valence-corrected chi connectivity index (χ0v) is 16.3. The monoisotopic (exact) mass is 391 g/mol. The second-order valence-electron chi connectivity index (χ2n) is 7.08. The van der Waals surface area contributed by atoms with Gasteiger partial charge in [0, 0.05) is 19.2 Å². The summed E-state index contributed by atoms with van der Waals surface area (Å²) >= 11 is 0. The zero-order chi connectivity index (χ0) is 19.8. The van der Waals surface area contributed by atoms with E-state index in [0.717, 1.165) is 53.7 Å². The number of ether oxygens (including phenoxy) is 2. The number of aromatic nitrogens is 6. The first-order valence-electron chi connectivity index (χ1n) is 9.58. The molecule has 0 N–H and O–H groups in total. The van der Waals surface area contributed by atoms with Gasteiger partial charge in [-0.3, -0.25) is 0 Å². The number of para-hydroxylation sites is 1. The van der Waals surface area contributed by atoms with E-state index in [2.05, 4.69) is 41.4 Å². The number of rotatable bonds is 4. The van der Waals surface area contributed by atoms with Gasteiger partial charge < -0.3 is 14.4 Å². The Morgan fingerprint density at radius 1 is 0.897 bits per heavy atom. The second-order valence-corrected chi connectivity index (χ2v) is 7.08. The summed E-state index contributed by atoms with van der Waals surface area (Å²) < 4.78 is 12.9. The molecule has 3 heterocycles. The highest BCUT2D eigenvalue weighted by Crippen LogP contribution is 2.36. The molecule has 9 heteroatoms. The number of methoxy groups -OCH3 is 2.